The minimum absolute atomic E-state index is 0.0572. The summed E-state index contributed by atoms with van der Waals surface area (Å²) in [5.74, 6) is 0.0797. The van der Waals surface area contributed by atoms with Crippen LogP contribution in [-0.2, 0) is 6.18 Å². The lowest BCUT2D eigenvalue weighted by atomic mass is 10.1. The molecule has 114 valence electrons. The summed E-state index contributed by atoms with van der Waals surface area (Å²) in [5, 5.41) is 0.552. The van der Waals surface area contributed by atoms with E-state index in [1.165, 1.54) is 6.20 Å². The number of hydrogen-bond donors (Lipinski definition) is 0. The van der Waals surface area contributed by atoms with Crippen molar-refractivity contribution in [3.8, 4) is 0 Å². The summed E-state index contributed by atoms with van der Waals surface area (Å²) in [6.45, 7) is 3.72. The number of pyridine rings is 1. The molecule has 0 aliphatic rings. The zero-order valence-corrected chi connectivity index (χ0v) is 12.1. The quantitative estimate of drug-likeness (QED) is 0.644. The molecule has 1 aromatic carbocycles. The number of alkyl halides is 3. The number of rotatable bonds is 2. The molecule has 0 saturated carbocycles. The topological polar surface area (TPSA) is 38.7 Å². The van der Waals surface area contributed by atoms with E-state index >= 15 is 0 Å². The number of benzene rings is 1. The number of para-hydroxylation sites is 1. The molecule has 0 radical (unpaired) electrons. The van der Waals surface area contributed by atoms with Gasteiger partial charge < -0.3 is 0 Å². The molecule has 1 atom stereocenters. The summed E-state index contributed by atoms with van der Waals surface area (Å²) in [6, 6.07) is 7.05. The van der Waals surface area contributed by atoms with Gasteiger partial charge in [0.05, 0.1) is 16.4 Å². The third-order valence-electron chi connectivity index (χ3n) is 3.78. The first-order valence-corrected chi connectivity index (χ1v) is 7.04. The number of nitrogens with zero attached hydrogens (tertiary/aromatic N) is 3. The molecule has 6 heteroatoms. The van der Waals surface area contributed by atoms with Crippen molar-refractivity contribution in [2.24, 2.45) is 0 Å². The van der Waals surface area contributed by atoms with Gasteiger partial charge in [-0.3, -0.25) is 4.98 Å². The maximum absolute atomic E-state index is 13.3. The van der Waals surface area contributed by atoms with Crippen molar-refractivity contribution in [1.82, 2.24) is 15.0 Å². The summed E-state index contributed by atoms with van der Waals surface area (Å²) in [6.07, 6.45) is -2.65. The highest BCUT2D eigenvalue weighted by Gasteiger charge is 2.36. The Labute approximate surface area is 125 Å². The Kier molecular flexibility index (Phi) is 3.47. The van der Waals surface area contributed by atoms with Gasteiger partial charge in [-0.25, -0.2) is 9.97 Å². The number of fused-ring (bicyclic) bond motifs is 3. The van der Waals surface area contributed by atoms with E-state index in [0.29, 0.717) is 22.8 Å². The Morgan fingerprint density at radius 1 is 1.09 bits per heavy atom. The number of hydrogen-bond acceptors (Lipinski definition) is 3. The maximum Gasteiger partial charge on any atom is 0.434 e. The van der Waals surface area contributed by atoms with E-state index in [-0.39, 0.29) is 17.1 Å². The standard InChI is InChI=1S/C16H14F3N3/c1-3-9(2)15-21-13-10-6-4-5-7-12(10)20-8-11(13)14(22-15)16(17,18)19/h4-9H,3H2,1-2H3. The van der Waals surface area contributed by atoms with Gasteiger partial charge in [-0.05, 0) is 12.5 Å². The Morgan fingerprint density at radius 3 is 2.50 bits per heavy atom. The summed E-state index contributed by atoms with van der Waals surface area (Å²) in [5.41, 5.74) is 0.0196. The van der Waals surface area contributed by atoms with Gasteiger partial charge in [-0.1, -0.05) is 32.0 Å². The molecule has 0 spiro atoms. The van der Waals surface area contributed by atoms with Crippen LogP contribution in [0.5, 0.6) is 0 Å². The number of halogens is 3. The molecule has 0 saturated heterocycles. The molecule has 0 bridgehead atoms. The van der Waals surface area contributed by atoms with Crippen molar-refractivity contribution >= 4 is 21.8 Å². The van der Waals surface area contributed by atoms with E-state index in [1.54, 1.807) is 24.3 Å². The highest BCUT2D eigenvalue weighted by molar-refractivity contribution is 6.03. The average Bonchev–Trinajstić information content (AvgIpc) is 2.51. The van der Waals surface area contributed by atoms with Crippen LogP contribution >= 0.6 is 0 Å². The fourth-order valence-corrected chi connectivity index (χ4v) is 2.35. The van der Waals surface area contributed by atoms with E-state index in [9.17, 15) is 13.2 Å². The fraction of sp³-hybridized carbons (Fsp3) is 0.312. The van der Waals surface area contributed by atoms with E-state index in [0.717, 1.165) is 0 Å². The van der Waals surface area contributed by atoms with Crippen molar-refractivity contribution in [3.63, 3.8) is 0 Å². The minimum Gasteiger partial charge on any atom is -0.255 e. The second kappa shape index (κ2) is 5.19. The van der Waals surface area contributed by atoms with Gasteiger partial charge in [0, 0.05) is 17.5 Å². The van der Waals surface area contributed by atoms with Crippen molar-refractivity contribution in [2.45, 2.75) is 32.4 Å². The molecule has 0 N–H and O–H groups in total. The molecular weight excluding hydrogens is 291 g/mol. The van der Waals surface area contributed by atoms with Gasteiger partial charge >= 0.3 is 6.18 Å². The smallest absolute Gasteiger partial charge is 0.255 e. The van der Waals surface area contributed by atoms with Crippen molar-refractivity contribution in [1.29, 1.82) is 0 Å². The van der Waals surface area contributed by atoms with Gasteiger partial charge in [0.1, 0.15) is 5.82 Å². The Balaban J connectivity index is 2.45. The molecule has 3 nitrogen and oxygen atoms in total. The molecule has 22 heavy (non-hydrogen) atoms. The van der Waals surface area contributed by atoms with E-state index in [1.807, 2.05) is 13.8 Å². The van der Waals surface area contributed by atoms with Crippen LogP contribution in [-0.4, -0.2) is 15.0 Å². The molecule has 3 aromatic rings. The lowest BCUT2D eigenvalue weighted by Gasteiger charge is -2.14. The Morgan fingerprint density at radius 2 is 1.82 bits per heavy atom. The van der Waals surface area contributed by atoms with Gasteiger partial charge in [-0.15, -0.1) is 0 Å². The first-order chi connectivity index (χ1) is 10.4. The van der Waals surface area contributed by atoms with Crippen LogP contribution in [0.25, 0.3) is 21.8 Å². The van der Waals surface area contributed by atoms with Gasteiger partial charge in [-0.2, -0.15) is 13.2 Å². The van der Waals surface area contributed by atoms with Crippen LogP contribution in [0.1, 0.15) is 37.7 Å². The van der Waals surface area contributed by atoms with Crippen molar-refractivity contribution < 1.29 is 13.2 Å². The molecular formula is C16H14F3N3. The van der Waals surface area contributed by atoms with E-state index in [4.69, 9.17) is 0 Å². The highest BCUT2D eigenvalue weighted by atomic mass is 19.4. The highest BCUT2D eigenvalue weighted by Crippen LogP contribution is 2.35. The zero-order valence-electron chi connectivity index (χ0n) is 12.1. The second-order valence-corrected chi connectivity index (χ2v) is 5.28. The Bertz CT molecular complexity index is 843. The summed E-state index contributed by atoms with van der Waals surface area (Å²) >= 11 is 0. The third kappa shape index (κ3) is 2.38. The van der Waals surface area contributed by atoms with Crippen LogP contribution in [0.2, 0.25) is 0 Å². The van der Waals surface area contributed by atoms with Gasteiger partial charge in [0.2, 0.25) is 0 Å². The Hall–Kier alpha value is -2.24. The second-order valence-electron chi connectivity index (χ2n) is 5.28. The average molecular weight is 305 g/mol. The molecule has 2 aromatic heterocycles. The van der Waals surface area contributed by atoms with Crippen LogP contribution in [0.4, 0.5) is 13.2 Å². The zero-order chi connectivity index (χ0) is 15.9. The summed E-state index contributed by atoms with van der Waals surface area (Å²) in [4.78, 5) is 12.3. The van der Waals surface area contributed by atoms with E-state index < -0.39 is 11.9 Å². The van der Waals surface area contributed by atoms with Crippen molar-refractivity contribution in [2.75, 3.05) is 0 Å². The predicted molar refractivity (Wildman–Crippen MR) is 78.5 cm³/mol. The molecule has 2 heterocycles. The SMILES string of the molecule is CCC(C)c1nc(C(F)(F)F)c2cnc3ccccc3c2n1. The molecule has 0 fully saturated rings. The predicted octanol–water partition coefficient (Wildman–Crippen LogP) is 4.71. The normalized spacial score (nSPS) is 13.7. The summed E-state index contributed by atoms with van der Waals surface area (Å²) < 4.78 is 40.0. The largest absolute Gasteiger partial charge is 0.434 e. The molecule has 0 aliphatic carbocycles. The lowest BCUT2D eigenvalue weighted by molar-refractivity contribution is -0.140. The first kappa shape index (κ1) is 14.7. The maximum atomic E-state index is 13.3. The number of aromatic nitrogens is 3. The minimum atomic E-state index is -4.53. The third-order valence-corrected chi connectivity index (χ3v) is 3.78. The molecule has 1 unspecified atom stereocenters. The van der Waals surface area contributed by atoms with Gasteiger partial charge in [0.15, 0.2) is 5.69 Å². The van der Waals surface area contributed by atoms with E-state index in [2.05, 4.69) is 15.0 Å². The lowest BCUT2D eigenvalue weighted by Crippen LogP contribution is -2.13. The van der Waals surface area contributed by atoms with Crippen LogP contribution in [0, 0.1) is 0 Å². The molecule has 3 rings (SSSR count). The molecule has 0 amide bonds. The fourth-order valence-electron chi connectivity index (χ4n) is 2.35. The monoisotopic (exact) mass is 305 g/mol. The summed E-state index contributed by atoms with van der Waals surface area (Å²) in [7, 11) is 0. The van der Waals surface area contributed by atoms with Crippen LogP contribution in [0.3, 0.4) is 0 Å². The van der Waals surface area contributed by atoms with Crippen LogP contribution in [0.15, 0.2) is 30.5 Å². The van der Waals surface area contributed by atoms with Crippen molar-refractivity contribution in [3.05, 3.63) is 42.0 Å². The molecule has 0 aliphatic heterocycles. The first-order valence-electron chi connectivity index (χ1n) is 7.04. The van der Waals surface area contributed by atoms with Gasteiger partial charge in [0.25, 0.3) is 0 Å². The van der Waals surface area contributed by atoms with Crippen LogP contribution < -0.4 is 0 Å².